The molecule has 1 aliphatic rings. The summed E-state index contributed by atoms with van der Waals surface area (Å²) in [6, 6.07) is 13.2. The summed E-state index contributed by atoms with van der Waals surface area (Å²) in [5.41, 5.74) is 2.88. The molecule has 0 saturated carbocycles. The van der Waals surface area contributed by atoms with Crippen LogP contribution < -0.4 is 9.60 Å². The maximum atomic E-state index is 9.84. The van der Waals surface area contributed by atoms with E-state index in [1.165, 1.54) is 22.0 Å². The van der Waals surface area contributed by atoms with Crippen molar-refractivity contribution >= 4 is 24.6 Å². The second kappa shape index (κ2) is 6.41. The van der Waals surface area contributed by atoms with Gasteiger partial charge in [-0.3, -0.25) is 0 Å². The van der Waals surface area contributed by atoms with Gasteiger partial charge in [-0.15, -0.1) is 0 Å². The van der Waals surface area contributed by atoms with Gasteiger partial charge < -0.3 is 14.1 Å². The van der Waals surface area contributed by atoms with Crippen LogP contribution in [0.2, 0.25) is 0 Å². The van der Waals surface area contributed by atoms with E-state index in [0.29, 0.717) is 0 Å². The molecule has 2 nitrogen and oxygen atoms in total. The Morgan fingerprint density at radius 3 is 2.08 bits per heavy atom. The Morgan fingerprint density at radius 2 is 1.50 bits per heavy atom. The first-order valence-corrected chi connectivity index (χ1v) is 8.64. The first kappa shape index (κ1) is 20.5. The molecular weight excluding hydrogens is 353 g/mol. The SMILES string of the molecule is CN1C[N+](C)(C)Cc2c1ccc1ccccc21.FP(F)(F)(F)F.[F-]. The molecule has 1 aliphatic heterocycles. The Balaban J connectivity index is 0.000000359. The van der Waals surface area contributed by atoms with Crippen molar-refractivity contribution in [1.82, 2.24) is 0 Å². The standard InChI is InChI=1S/C15H19N2.F5P.FH/c1-16-11-17(2,3)10-14-13-7-5-4-6-12(13)8-9-15(14)16;1-6(2,3,4)5;/h4-9H,10-11H2,1-3H3;;1H/q+1;;/p-1. The number of fused-ring (bicyclic) bond motifs is 3. The van der Waals surface area contributed by atoms with E-state index < -0.39 is 8.16 Å². The third-order valence-corrected chi connectivity index (χ3v) is 3.61. The van der Waals surface area contributed by atoms with Crippen LogP contribution >= 0.6 is 8.16 Å². The number of rotatable bonds is 0. The average molecular weight is 372 g/mol. The molecule has 0 spiro atoms. The molecule has 0 fully saturated rings. The van der Waals surface area contributed by atoms with E-state index in [0.717, 1.165) is 17.7 Å². The zero-order valence-corrected chi connectivity index (χ0v) is 14.4. The zero-order valence-electron chi connectivity index (χ0n) is 13.5. The number of hydrogen-bond donors (Lipinski definition) is 0. The van der Waals surface area contributed by atoms with Gasteiger partial charge in [0.25, 0.3) is 0 Å². The third kappa shape index (κ3) is 5.83. The molecular formula is C15H19F6N2P. The predicted octanol–water partition coefficient (Wildman–Crippen LogP) is 2.79. The molecule has 9 heteroatoms. The maximum absolute atomic E-state index is 9.84. The zero-order chi connectivity index (χ0) is 17.5. The molecule has 0 N–H and O–H groups in total. The number of hydrogen-bond acceptors (Lipinski definition) is 1. The van der Waals surface area contributed by atoms with Crippen LogP contribution in [0.3, 0.4) is 0 Å². The number of benzene rings is 2. The Bertz CT molecular complexity index is 710. The fourth-order valence-corrected chi connectivity index (χ4v) is 2.98. The van der Waals surface area contributed by atoms with Crippen molar-refractivity contribution < 1.29 is 30.2 Å². The van der Waals surface area contributed by atoms with Crippen LogP contribution in [-0.2, 0) is 6.54 Å². The van der Waals surface area contributed by atoms with E-state index in [4.69, 9.17) is 0 Å². The van der Waals surface area contributed by atoms with Crippen LogP contribution in [0.15, 0.2) is 36.4 Å². The minimum atomic E-state index is -8.55. The molecule has 2 aromatic carbocycles. The Labute approximate surface area is 137 Å². The molecule has 0 atom stereocenters. The fraction of sp³-hybridized carbons (Fsp3) is 0.333. The van der Waals surface area contributed by atoms with Crippen molar-refractivity contribution in [2.75, 3.05) is 32.7 Å². The predicted molar refractivity (Wildman–Crippen MR) is 85.5 cm³/mol. The molecule has 2 aromatic rings. The van der Waals surface area contributed by atoms with Gasteiger partial charge in [0.2, 0.25) is 0 Å². The smallest absolute Gasteiger partial charge is 1.00 e. The molecule has 1 heterocycles. The summed E-state index contributed by atoms with van der Waals surface area (Å²) in [6.07, 6.45) is 0. The van der Waals surface area contributed by atoms with Crippen LogP contribution in [-0.4, -0.2) is 32.3 Å². The molecule has 0 amide bonds. The van der Waals surface area contributed by atoms with E-state index in [-0.39, 0.29) is 4.70 Å². The van der Waals surface area contributed by atoms with Crippen molar-refractivity contribution in [1.29, 1.82) is 0 Å². The largest absolute Gasteiger partial charge is 1.00 e. The van der Waals surface area contributed by atoms with E-state index in [2.05, 4.69) is 62.4 Å². The van der Waals surface area contributed by atoms with Gasteiger partial charge in [0, 0.05) is 12.6 Å². The quantitative estimate of drug-likeness (QED) is 0.391. The van der Waals surface area contributed by atoms with E-state index in [9.17, 15) is 21.0 Å². The van der Waals surface area contributed by atoms with Gasteiger partial charge in [-0.25, -0.2) is 0 Å². The van der Waals surface area contributed by atoms with Gasteiger partial charge in [-0.1, -0.05) is 30.3 Å². The molecule has 24 heavy (non-hydrogen) atoms. The van der Waals surface area contributed by atoms with Crippen LogP contribution in [0.4, 0.5) is 26.7 Å². The molecule has 136 valence electrons. The molecule has 0 radical (unpaired) electrons. The molecule has 0 aromatic heterocycles. The number of quaternary nitrogens is 1. The first-order valence-electron chi connectivity index (χ1n) is 6.95. The number of halogens is 6. The van der Waals surface area contributed by atoms with Crippen molar-refractivity contribution in [3.8, 4) is 0 Å². The Kier molecular flexibility index (Phi) is 5.48. The second-order valence-corrected chi connectivity index (χ2v) is 7.63. The van der Waals surface area contributed by atoms with Crippen molar-refractivity contribution in [3.63, 3.8) is 0 Å². The van der Waals surface area contributed by atoms with Gasteiger partial charge in [0.15, 0.2) is 6.67 Å². The van der Waals surface area contributed by atoms with Gasteiger partial charge in [0.05, 0.1) is 19.8 Å². The molecule has 0 aliphatic carbocycles. The molecule has 0 unspecified atom stereocenters. The van der Waals surface area contributed by atoms with Gasteiger partial charge >= 0.3 is 29.1 Å². The van der Waals surface area contributed by atoms with Gasteiger partial charge in [-0.2, -0.15) is 0 Å². The Hall–Kier alpha value is -1.53. The van der Waals surface area contributed by atoms with E-state index in [1.54, 1.807) is 0 Å². The van der Waals surface area contributed by atoms with Gasteiger partial charge in [0.1, 0.15) is 6.54 Å². The topological polar surface area (TPSA) is 3.24 Å². The summed E-state index contributed by atoms with van der Waals surface area (Å²) in [7, 11) is -1.78. The summed E-state index contributed by atoms with van der Waals surface area (Å²) < 4.78 is 50.2. The molecule has 3 rings (SSSR count). The minimum Gasteiger partial charge on any atom is -1.00 e. The summed E-state index contributed by atoms with van der Waals surface area (Å²) >= 11 is 0. The molecule has 0 bridgehead atoms. The van der Waals surface area contributed by atoms with Crippen molar-refractivity contribution in [3.05, 3.63) is 42.0 Å². The fourth-order valence-electron chi connectivity index (χ4n) is 2.98. The normalized spacial score (nSPS) is 17.7. The summed E-state index contributed by atoms with van der Waals surface area (Å²) in [6.45, 7) is 2.19. The maximum Gasteiger partial charge on any atom is -1.00 e. The van der Waals surface area contributed by atoms with Crippen LogP contribution in [0.1, 0.15) is 5.56 Å². The Morgan fingerprint density at radius 1 is 0.958 bits per heavy atom. The average Bonchev–Trinajstić information content (AvgIpc) is 2.34. The number of anilines is 1. The minimum absolute atomic E-state index is 0. The van der Waals surface area contributed by atoms with Crippen molar-refractivity contribution in [2.24, 2.45) is 0 Å². The molecule has 0 saturated heterocycles. The summed E-state index contributed by atoms with van der Waals surface area (Å²) in [4.78, 5) is 2.37. The van der Waals surface area contributed by atoms with E-state index in [1.807, 2.05) is 0 Å². The third-order valence-electron chi connectivity index (χ3n) is 3.61. The van der Waals surface area contributed by atoms with Crippen LogP contribution in [0.25, 0.3) is 10.8 Å². The number of nitrogens with zero attached hydrogens (tertiary/aromatic N) is 2. The van der Waals surface area contributed by atoms with Crippen molar-refractivity contribution in [2.45, 2.75) is 6.54 Å². The first-order chi connectivity index (χ1) is 10.3. The summed E-state index contributed by atoms with van der Waals surface area (Å²) in [5.74, 6) is 0. The van der Waals surface area contributed by atoms with Crippen LogP contribution in [0.5, 0.6) is 0 Å². The summed E-state index contributed by atoms with van der Waals surface area (Å²) in [5, 5.41) is 2.75. The van der Waals surface area contributed by atoms with E-state index >= 15 is 0 Å². The van der Waals surface area contributed by atoms with Crippen LogP contribution in [0, 0.1) is 0 Å². The monoisotopic (exact) mass is 372 g/mol. The second-order valence-electron chi connectivity index (χ2n) is 6.36. The van der Waals surface area contributed by atoms with Gasteiger partial charge in [-0.05, 0) is 16.8 Å².